The third-order valence-corrected chi connectivity index (χ3v) is 6.11. The molecule has 1 heterocycles. The number of hydrogen-bond acceptors (Lipinski definition) is 6. The molecule has 11 nitrogen and oxygen atoms in total. The van der Waals surface area contributed by atoms with Crippen molar-refractivity contribution in [2.75, 3.05) is 0 Å². The average molecular weight is 524 g/mol. The zero-order valence-corrected chi connectivity index (χ0v) is 21.2. The standard InChI is InChI=1S/C27H33N5O6/c1-15(28)24(34)32-23(16(2)33)26(36)30-21(13-18-14-29-20-11-7-6-10-19(18)20)25(35)31-22(27(37)38)12-17-8-4-3-5-9-17/h3-11,14-16,21-23,29,33H,12-13,28H2,1-2H3,(H,30,36)(H,31,35)(H,32,34)(H,37,38). The molecule has 0 aliphatic carbocycles. The topological polar surface area (TPSA) is 187 Å². The second kappa shape index (κ2) is 12.8. The van der Waals surface area contributed by atoms with Gasteiger partial charge in [-0.15, -0.1) is 0 Å². The molecule has 0 aliphatic rings. The summed E-state index contributed by atoms with van der Waals surface area (Å²) in [7, 11) is 0. The van der Waals surface area contributed by atoms with Gasteiger partial charge in [0.15, 0.2) is 0 Å². The minimum Gasteiger partial charge on any atom is -0.480 e. The van der Waals surface area contributed by atoms with Crippen molar-refractivity contribution in [2.45, 2.75) is 57.0 Å². The summed E-state index contributed by atoms with van der Waals surface area (Å²) in [5.74, 6) is -3.43. The second-order valence-electron chi connectivity index (χ2n) is 9.23. The number of carboxylic acids is 1. The highest BCUT2D eigenvalue weighted by Gasteiger charge is 2.32. The Kier molecular flexibility index (Phi) is 9.58. The van der Waals surface area contributed by atoms with Crippen molar-refractivity contribution in [1.82, 2.24) is 20.9 Å². The van der Waals surface area contributed by atoms with Crippen LogP contribution in [-0.2, 0) is 32.0 Å². The van der Waals surface area contributed by atoms with E-state index in [9.17, 15) is 29.4 Å². The molecule has 3 amide bonds. The van der Waals surface area contributed by atoms with Gasteiger partial charge in [0.05, 0.1) is 12.1 Å². The Morgan fingerprint density at radius 3 is 2.11 bits per heavy atom. The molecule has 5 unspecified atom stereocenters. The van der Waals surface area contributed by atoms with Crippen molar-refractivity contribution in [3.05, 3.63) is 71.9 Å². The molecule has 0 saturated carbocycles. The van der Waals surface area contributed by atoms with Crippen LogP contribution in [0.3, 0.4) is 0 Å². The highest BCUT2D eigenvalue weighted by molar-refractivity contribution is 5.95. The molecule has 0 saturated heterocycles. The quantitative estimate of drug-likeness (QED) is 0.177. The molecule has 2 aromatic carbocycles. The largest absolute Gasteiger partial charge is 0.480 e. The Bertz CT molecular complexity index is 1270. The van der Waals surface area contributed by atoms with Gasteiger partial charge in [0.2, 0.25) is 17.7 Å². The number of aliphatic carboxylic acids is 1. The molecule has 3 aromatic rings. The number of carbonyl (C=O) groups is 4. The Labute approximate surface area is 219 Å². The van der Waals surface area contributed by atoms with Crippen LogP contribution in [0.25, 0.3) is 10.9 Å². The molecule has 0 radical (unpaired) electrons. The lowest BCUT2D eigenvalue weighted by Gasteiger charge is -2.26. The number of rotatable bonds is 12. The Morgan fingerprint density at radius 1 is 0.842 bits per heavy atom. The molecule has 5 atom stereocenters. The first-order valence-corrected chi connectivity index (χ1v) is 12.2. The fourth-order valence-electron chi connectivity index (χ4n) is 4.00. The summed E-state index contributed by atoms with van der Waals surface area (Å²) in [6.45, 7) is 2.75. The maximum atomic E-state index is 13.4. The van der Waals surface area contributed by atoms with Gasteiger partial charge in [0.25, 0.3) is 0 Å². The smallest absolute Gasteiger partial charge is 0.326 e. The predicted molar refractivity (Wildman–Crippen MR) is 141 cm³/mol. The molecule has 11 heteroatoms. The van der Waals surface area contributed by atoms with Gasteiger partial charge in [0, 0.05) is 29.9 Å². The lowest BCUT2D eigenvalue weighted by Crippen LogP contribution is -2.60. The molecule has 202 valence electrons. The van der Waals surface area contributed by atoms with Gasteiger partial charge in [-0.2, -0.15) is 0 Å². The lowest BCUT2D eigenvalue weighted by atomic mass is 10.0. The van der Waals surface area contributed by atoms with Crippen LogP contribution >= 0.6 is 0 Å². The summed E-state index contributed by atoms with van der Waals surface area (Å²) in [5.41, 5.74) is 7.83. The van der Waals surface area contributed by atoms with Crippen molar-refractivity contribution in [1.29, 1.82) is 0 Å². The summed E-state index contributed by atoms with van der Waals surface area (Å²) in [5, 5.41) is 28.2. The van der Waals surface area contributed by atoms with Crippen molar-refractivity contribution in [2.24, 2.45) is 5.73 Å². The van der Waals surface area contributed by atoms with E-state index in [2.05, 4.69) is 20.9 Å². The van der Waals surface area contributed by atoms with Crippen LogP contribution in [-0.4, -0.2) is 69.2 Å². The fourth-order valence-corrected chi connectivity index (χ4v) is 4.00. The molecule has 0 spiro atoms. The number of H-pyrrole nitrogens is 1. The molecule has 38 heavy (non-hydrogen) atoms. The number of carboxylic acid groups (broad SMARTS) is 1. The molecule has 1 aromatic heterocycles. The monoisotopic (exact) mass is 523 g/mol. The van der Waals surface area contributed by atoms with Crippen LogP contribution in [0.15, 0.2) is 60.8 Å². The van der Waals surface area contributed by atoms with E-state index in [1.54, 1.807) is 36.5 Å². The number of hydrogen-bond donors (Lipinski definition) is 7. The van der Waals surface area contributed by atoms with Crippen LogP contribution in [0.1, 0.15) is 25.0 Å². The number of aromatic amines is 1. The normalized spacial score (nSPS) is 15.1. The number of nitrogens with two attached hydrogens (primary N) is 1. The van der Waals surface area contributed by atoms with E-state index >= 15 is 0 Å². The van der Waals surface area contributed by atoms with Gasteiger partial charge >= 0.3 is 5.97 Å². The van der Waals surface area contributed by atoms with Crippen LogP contribution in [0.4, 0.5) is 0 Å². The second-order valence-corrected chi connectivity index (χ2v) is 9.23. The summed E-state index contributed by atoms with van der Waals surface area (Å²) < 4.78 is 0. The fraction of sp³-hybridized carbons (Fsp3) is 0.333. The van der Waals surface area contributed by atoms with E-state index in [0.717, 1.165) is 10.9 Å². The van der Waals surface area contributed by atoms with E-state index in [4.69, 9.17) is 5.73 Å². The summed E-state index contributed by atoms with van der Waals surface area (Å²) >= 11 is 0. The molecule has 0 aliphatic heterocycles. The number of nitrogens with one attached hydrogen (secondary N) is 4. The first kappa shape index (κ1) is 28.4. The Hall–Kier alpha value is -4.22. The summed E-state index contributed by atoms with van der Waals surface area (Å²) in [6.07, 6.45) is 0.475. The van der Waals surface area contributed by atoms with E-state index in [1.165, 1.54) is 13.8 Å². The summed E-state index contributed by atoms with van der Waals surface area (Å²) in [4.78, 5) is 53.7. The molecule has 8 N–H and O–H groups in total. The first-order valence-electron chi connectivity index (χ1n) is 12.2. The minimum atomic E-state index is -1.38. The SMILES string of the molecule is CC(N)C(=O)NC(C(=O)NC(Cc1c[nH]c2ccccc12)C(=O)NC(Cc1ccccc1)C(=O)O)C(C)O. The first-order chi connectivity index (χ1) is 18.1. The number of carbonyl (C=O) groups excluding carboxylic acids is 3. The van der Waals surface area contributed by atoms with Crippen molar-refractivity contribution in [3.63, 3.8) is 0 Å². The maximum absolute atomic E-state index is 13.4. The number of aliphatic hydroxyl groups excluding tert-OH is 1. The Balaban J connectivity index is 1.86. The molecule has 0 bridgehead atoms. The van der Waals surface area contributed by atoms with Crippen LogP contribution < -0.4 is 21.7 Å². The number of aliphatic hydroxyl groups is 1. The van der Waals surface area contributed by atoms with Gasteiger partial charge in [-0.25, -0.2) is 4.79 Å². The molecule has 0 fully saturated rings. The number of fused-ring (bicyclic) bond motifs is 1. The zero-order chi connectivity index (χ0) is 27.8. The third kappa shape index (κ3) is 7.40. The van der Waals surface area contributed by atoms with Gasteiger partial charge in [-0.05, 0) is 31.0 Å². The number of para-hydroxylation sites is 1. The minimum absolute atomic E-state index is 0.0209. The number of benzene rings is 2. The van der Waals surface area contributed by atoms with Crippen LogP contribution in [0.5, 0.6) is 0 Å². The molecular weight excluding hydrogens is 490 g/mol. The van der Waals surface area contributed by atoms with Crippen molar-refractivity contribution < 1.29 is 29.4 Å². The zero-order valence-electron chi connectivity index (χ0n) is 21.2. The average Bonchev–Trinajstić information content (AvgIpc) is 3.29. The van der Waals surface area contributed by atoms with E-state index in [0.29, 0.717) is 11.1 Å². The van der Waals surface area contributed by atoms with Gasteiger partial charge in [0.1, 0.15) is 18.1 Å². The van der Waals surface area contributed by atoms with Gasteiger partial charge < -0.3 is 36.9 Å². The maximum Gasteiger partial charge on any atom is 0.326 e. The van der Waals surface area contributed by atoms with Crippen molar-refractivity contribution >= 4 is 34.6 Å². The van der Waals surface area contributed by atoms with Gasteiger partial charge in [-0.1, -0.05) is 48.5 Å². The number of amides is 3. The van der Waals surface area contributed by atoms with Gasteiger partial charge in [-0.3, -0.25) is 14.4 Å². The predicted octanol–water partition coefficient (Wildman–Crippen LogP) is 0.220. The molecule has 3 rings (SSSR count). The van der Waals surface area contributed by atoms with Crippen LogP contribution in [0, 0.1) is 0 Å². The number of aromatic nitrogens is 1. The van der Waals surface area contributed by atoms with E-state index in [1.807, 2.05) is 24.3 Å². The van der Waals surface area contributed by atoms with E-state index in [-0.39, 0.29) is 12.8 Å². The lowest BCUT2D eigenvalue weighted by molar-refractivity contribution is -0.142. The highest BCUT2D eigenvalue weighted by atomic mass is 16.4. The van der Waals surface area contributed by atoms with Crippen molar-refractivity contribution in [3.8, 4) is 0 Å². The van der Waals surface area contributed by atoms with Crippen LogP contribution in [0.2, 0.25) is 0 Å². The summed E-state index contributed by atoms with van der Waals surface area (Å²) in [6, 6.07) is 11.5. The Morgan fingerprint density at radius 2 is 1.47 bits per heavy atom. The third-order valence-electron chi connectivity index (χ3n) is 6.11. The molecular formula is C27H33N5O6. The highest BCUT2D eigenvalue weighted by Crippen LogP contribution is 2.19. The van der Waals surface area contributed by atoms with E-state index < -0.39 is 54.0 Å².